The Morgan fingerprint density at radius 1 is 1.30 bits per heavy atom. The molecule has 5 nitrogen and oxygen atoms in total. The molecule has 1 heterocycles. The fraction of sp³-hybridized carbons (Fsp3) is 0.529. The molecule has 1 aliphatic rings. The Morgan fingerprint density at radius 2 is 2.00 bits per heavy atom. The van der Waals surface area contributed by atoms with Gasteiger partial charge in [-0.3, -0.25) is 4.79 Å². The molecule has 2 rings (SSSR count). The van der Waals surface area contributed by atoms with E-state index in [9.17, 15) is 19.3 Å². The lowest BCUT2D eigenvalue weighted by Crippen LogP contribution is -2.51. The van der Waals surface area contributed by atoms with Crippen LogP contribution in [0.1, 0.15) is 38.2 Å². The van der Waals surface area contributed by atoms with Crippen molar-refractivity contribution in [2.75, 3.05) is 6.54 Å². The van der Waals surface area contributed by atoms with Crippen LogP contribution >= 0.6 is 8.46 Å². The molecule has 1 aromatic rings. The number of amides is 1. The van der Waals surface area contributed by atoms with E-state index in [-0.39, 0.29) is 11.8 Å². The van der Waals surface area contributed by atoms with E-state index in [0.29, 0.717) is 19.4 Å². The number of hydrogen-bond acceptors (Lipinski definition) is 3. The molecule has 126 valence electrons. The first-order chi connectivity index (χ1) is 11.0. The molecule has 1 N–H and O–H groups in total. The Hall–Kier alpha value is -1.61. The van der Waals surface area contributed by atoms with Gasteiger partial charge in [-0.25, -0.2) is 4.79 Å². The van der Waals surface area contributed by atoms with Gasteiger partial charge in [0.25, 0.3) is 0 Å². The predicted octanol–water partition coefficient (Wildman–Crippen LogP) is 2.81. The van der Waals surface area contributed by atoms with Gasteiger partial charge in [0.2, 0.25) is 5.91 Å². The number of carbonyl (C=O) groups excluding carboxylic acids is 1. The van der Waals surface area contributed by atoms with Crippen LogP contribution in [0.2, 0.25) is 0 Å². The Bertz CT molecular complexity index is 577. The Morgan fingerprint density at radius 3 is 2.57 bits per heavy atom. The van der Waals surface area contributed by atoms with Gasteiger partial charge < -0.3 is 14.6 Å². The van der Waals surface area contributed by atoms with Crippen molar-refractivity contribution < 1.29 is 19.3 Å². The van der Waals surface area contributed by atoms with Crippen molar-refractivity contribution in [1.82, 2.24) is 4.90 Å². The van der Waals surface area contributed by atoms with Gasteiger partial charge in [-0.05, 0) is 31.2 Å². The summed E-state index contributed by atoms with van der Waals surface area (Å²) in [6, 6.07) is 10.2. The first-order valence-electron chi connectivity index (χ1n) is 8.04. The third-order valence-corrected chi connectivity index (χ3v) is 6.17. The fourth-order valence-corrected chi connectivity index (χ4v) is 4.62. The van der Waals surface area contributed by atoms with Crippen LogP contribution in [-0.2, 0) is 20.6 Å². The molecule has 6 heteroatoms. The van der Waals surface area contributed by atoms with Crippen molar-refractivity contribution >= 4 is 20.3 Å². The van der Waals surface area contributed by atoms with Gasteiger partial charge in [-0.15, -0.1) is 0 Å². The third-order valence-electron chi connectivity index (χ3n) is 4.78. The number of aliphatic carboxylic acids is 1. The SMILES string of the molecule is CC(=O)N1CCC(CCCCc2ccccc2)[C@@]1([PH2]=O)C(=O)O. The third kappa shape index (κ3) is 3.66. The molecule has 0 radical (unpaired) electrons. The Balaban J connectivity index is 1.97. The first-order valence-corrected chi connectivity index (χ1v) is 9.09. The Kier molecular flexibility index (Phi) is 6.00. The summed E-state index contributed by atoms with van der Waals surface area (Å²) in [5, 5.41) is 8.14. The first kappa shape index (κ1) is 17.7. The molecule has 0 saturated carbocycles. The monoisotopic (exact) mass is 337 g/mol. The lowest BCUT2D eigenvalue weighted by atomic mass is 9.92. The smallest absolute Gasteiger partial charge is 0.337 e. The number of carboxylic acid groups (broad SMARTS) is 1. The fourth-order valence-electron chi connectivity index (χ4n) is 3.56. The molecule has 1 aromatic carbocycles. The lowest BCUT2D eigenvalue weighted by Gasteiger charge is -2.33. The highest BCUT2D eigenvalue weighted by atomic mass is 31.1. The van der Waals surface area contributed by atoms with Gasteiger partial charge in [0.05, 0.1) is 0 Å². The highest BCUT2D eigenvalue weighted by Crippen LogP contribution is 2.45. The molecule has 1 saturated heterocycles. The van der Waals surface area contributed by atoms with E-state index in [1.165, 1.54) is 17.4 Å². The van der Waals surface area contributed by atoms with Crippen LogP contribution < -0.4 is 0 Å². The molecule has 23 heavy (non-hydrogen) atoms. The zero-order valence-electron chi connectivity index (χ0n) is 13.4. The van der Waals surface area contributed by atoms with Crippen molar-refractivity contribution in [2.45, 2.75) is 44.3 Å². The van der Waals surface area contributed by atoms with Crippen LogP contribution in [0.25, 0.3) is 0 Å². The molecule has 2 unspecified atom stereocenters. The van der Waals surface area contributed by atoms with Crippen molar-refractivity contribution in [3.8, 4) is 0 Å². The van der Waals surface area contributed by atoms with Crippen LogP contribution in [0, 0.1) is 5.92 Å². The zero-order valence-corrected chi connectivity index (χ0v) is 14.6. The maximum Gasteiger partial charge on any atom is 0.337 e. The summed E-state index contributed by atoms with van der Waals surface area (Å²) >= 11 is 0. The number of carbonyl (C=O) groups is 2. The van der Waals surface area contributed by atoms with E-state index in [2.05, 4.69) is 12.1 Å². The van der Waals surface area contributed by atoms with Crippen LogP contribution in [0.15, 0.2) is 30.3 Å². The average Bonchev–Trinajstić information content (AvgIpc) is 2.92. The second-order valence-electron chi connectivity index (χ2n) is 6.14. The van der Waals surface area contributed by atoms with E-state index < -0.39 is 19.7 Å². The van der Waals surface area contributed by atoms with Crippen LogP contribution in [0.4, 0.5) is 0 Å². The number of nitrogens with zero attached hydrogens (tertiary/aromatic N) is 1. The van der Waals surface area contributed by atoms with Crippen LogP contribution in [0.3, 0.4) is 0 Å². The number of unbranched alkanes of at least 4 members (excludes halogenated alkanes) is 1. The van der Waals surface area contributed by atoms with E-state index in [4.69, 9.17) is 0 Å². The van der Waals surface area contributed by atoms with E-state index >= 15 is 0 Å². The van der Waals surface area contributed by atoms with E-state index in [1.54, 1.807) is 0 Å². The number of rotatable bonds is 7. The maximum atomic E-state index is 11.8. The molecular weight excluding hydrogens is 313 g/mol. The van der Waals surface area contributed by atoms with Crippen LogP contribution in [0.5, 0.6) is 0 Å². The standard InChI is InChI=1S/C17H24NO4P/c1-13(19)18-12-11-15(17(18,23-22)16(20)21)10-6-5-9-14-7-3-2-4-8-14/h2-4,7-8,15H,5-6,9-12,23H2,1H3,(H,20,21)/t15?,17-/m1/s1. The molecular formula is C17H24NO4P. The molecule has 3 atom stereocenters. The van der Waals surface area contributed by atoms with Gasteiger partial charge in [-0.2, -0.15) is 0 Å². The topological polar surface area (TPSA) is 74.7 Å². The molecule has 1 aliphatic heterocycles. The molecule has 0 aromatic heterocycles. The number of aryl methyl sites for hydroxylation is 1. The van der Waals surface area contributed by atoms with Gasteiger partial charge >= 0.3 is 5.97 Å². The number of benzene rings is 1. The second-order valence-corrected chi connectivity index (χ2v) is 7.25. The summed E-state index contributed by atoms with van der Waals surface area (Å²) in [6.45, 7) is 1.74. The van der Waals surface area contributed by atoms with Crippen molar-refractivity contribution in [1.29, 1.82) is 0 Å². The summed E-state index contributed by atoms with van der Waals surface area (Å²) in [5.41, 5.74) is 1.27. The molecule has 1 fully saturated rings. The highest BCUT2D eigenvalue weighted by Gasteiger charge is 2.55. The summed E-state index contributed by atoms with van der Waals surface area (Å²) < 4.78 is 11.8. The normalized spacial score (nSPS) is 24.4. The molecule has 0 spiro atoms. The van der Waals surface area contributed by atoms with E-state index in [1.807, 2.05) is 18.2 Å². The van der Waals surface area contributed by atoms with Gasteiger partial charge in [0.1, 0.15) is 8.46 Å². The van der Waals surface area contributed by atoms with Crippen molar-refractivity contribution in [3.05, 3.63) is 35.9 Å². The van der Waals surface area contributed by atoms with Gasteiger partial charge in [0, 0.05) is 19.4 Å². The maximum absolute atomic E-state index is 11.8. The van der Waals surface area contributed by atoms with Gasteiger partial charge in [0.15, 0.2) is 5.28 Å². The minimum atomic E-state index is -1.59. The summed E-state index contributed by atoms with van der Waals surface area (Å²) in [5.74, 6) is -1.64. The van der Waals surface area contributed by atoms with E-state index in [0.717, 1.165) is 19.3 Å². The number of hydrogen-bond donors (Lipinski definition) is 1. The predicted molar refractivity (Wildman–Crippen MR) is 90.3 cm³/mol. The Labute approximate surface area is 137 Å². The lowest BCUT2D eigenvalue weighted by molar-refractivity contribution is -0.151. The van der Waals surface area contributed by atoms with Crippen molar-refractivity contribution in [2.24, 2.45) is 5.92 Å². The highest BCUT2D eigenvalue weighted by molar-refractivity contribution is 7.27. The van der Waals surface area contributed by atoms with Crippen molar-refractivity contribution in [3.63, 3.8) is 0 Å². The molecule has 0 aliphatic carbocycles. The summed E-state index contributed by atoms with van der Waals surface area (Å²) in [6.07, 6.45) is 4.10. The number of likely N-dealkylation sites (tertiary alicyclic amines) is 1. The molecule has 0 bridgehead atoms. The second kappa shape index (κ2) is 7.78. The summed E-state index contributed by atoms with van der Waals surface area (Å²) in [7, 11) is -1.59. The van der Waals surface area contributed by atoms with Gasteiger partial charge in [-0.1, -0.05) is 36.8 Å². The minimum absolute atomic E-state index is 0.216. The zero-order chi connectivity index (χ0) is 16.9. The average molecular weight is 337 g/mol. The quantitative estimate of drug-likeness (QED) is 0.613. The minimum Gasteiger partial charge on any atom is -0.479 e. The summed E-state index contributed by atoms with van der Waals surface area (Å²) in [4.78, 5) is 24.8. The van der Waals surface area contributed by atoms with Crippen LogP contribution in [-0.4, -0.2) is 33.7 Å². The largest absolute Gasteiger partial charge is 0.479 e. The molecule has 1 amide bonds. The number of carboxylic acids is 1.